The molecule has 5 heteroatoms. The summed E-state index contributed by atoms with van der Waals surface area (Å²) in [5, 5.41) is 21.9. The number of fused-ring (bicyclic) bond motifs is 1. The van der Waals surface area contributed by atoms with Crippen LogP contribution >= 0.6 is 12.6 Å². The molecule has 0 saturated carbocycles. The Kier molecular flexibility index (Phi) is 3.18. The molecule has 2 unspecified atom stereocenters. The van der Waals surface area contributed by atoms with E-state index in [1.54, 1.807) is 18.2 Å². The predicted octanol–water partition coefficient (Wildman–Crippen LogP) is 0.254. The molecule has 4 nitrogen and oxygen atoms in total. The van der Waals surface area contributed by atoms with E-state index >= 15 is 0 Å². The van der Waals surface area contributed by atoms with E-state index in [1.807, 2.05) is 0 Å². The minimum atomic E-state index is -1.00. The van der Waals surface area contributed by atoms with Crippen LogP contribution in [0, 0.1) is 0 Å². The van der Waals surface area contributed by atoms with Gasteiger partial charge in [0.2, 0.25) is 0 Å². The van der Waals surface area contributed by atoms with Gasteiger partial charge in [0.15, 0.2) is 0 Å². The van der Waals surface area contributed by atoms with Gasteiger partial charge in [-0.25, -0.2) is 0 Å². The number of nitrogens with one attached hydrogen (secondary N) is 1. The van der Waals surface area contributed by atoms with Gasteiger partial charge in [0, 0.05) is 17.9 Å². The fourth-order valence-corrected chi connectivity index (χ4v) is 1.94. The molecule has 0 bridgehead atoms. The van der Waals surface area contributed by atoms with Gasteiger partial charge in [-0.2, -0.15) is 12.6 Å². The van der Waals surface area contributed by atoms with Crippen LogP contribution in [0.3, 0.4) is 0 Å². The number of aliphatic hydroxyl groups excluding tert-OH is 2. The highest BCUT2D eigenvalue weighted by atomic mass is 32.1. The molecule has 0 aliphatic carbocycles. The first kappa shape index (κ1) is 11.4. The second-order valence-corrected chi connectivity index (χ2v) is 4.16. The van der Waals surface area contributed by atoms with E-state index in [-0.39, 0.29) is 11.7 Å². The molecule has 0 radical (unpaired) electrons. The van der Waals surface area contributed by atoms with Crippen molar-refractivity contribution in [2.45, 2.75) is 18.8 Å². The molecule has 1 aliphatic heterocycles. The Morgan fingerprint density at radius 3 is 2.88 bits per heavy atom. The van der Waals surface area contributed by atoms with Crippen LogP contribution in [0.5, 0.6) is 0 Å². The Morgan fingerprint density at radius 1 is 1.44 bits per heavy atom. The van der Waals surface area contributed by atoms with Crippen LogP contribution in [0.25, 0.3) is 0 Å². The first-order valence-corrected chi connectivity index (χ1v) is 5.64. The number of benzene rings is 1. The lowest BCUT2D eigenvalue weighted by atomic mass is 10.00. The lowest BCUT2D eigenvalue weighted by Crippen LogP contribution is -2.20. The molecular formula is C11H13NO3S. The first-order chi connectivity index (χ1) is 7.63. The highest BCUT2D eigenvalue weighted by molar-refractivity contribution is 7.80. The number of thiol groups is 1. The SMILES string of the molecule is O=C1NCc2ccc(C(O)C(O)CS)cc21. The molecular weight excluding hydrogens is 226 g/mol. The number of hydrogen-bond acceptors (Lipinski definition) is 4. The van der Waals surface area contributed by atoms with Crippen LogP contribution in [0.15, 0.2) is 18.2 Å². The molecule has 16 heavy (non-hydrogen) atoms. The average molecular weight is 239 g/mol. The van der Waals surface area contributed by atoms with Crippen molar-refractivity contribution in [3.8, 4) is 0 Å². The number of carbonyl (C=O) groups excluding carboxylic acids is 1. The van der Waals surface area contributed by atoms with Crippen LogP contribution in [-0.2, 0) is 6.54 Å². The first-order valence-electron chi connectivity index (χ1n) is 5.01. The summed E-state index contributed by atoms with van der Waals surface area (Å²) >= 11 is 3.91. The summed E-state index contributed by atoms with van der Waals surface area (Å²) in [5.74, 6) is 0.0363. The Labute approximate surface area is 98.7 Å². The number of amides is 1. The maximum atomic E-state index is 11.4. The topological polar surface area (TPSA) is 69.6 Å². The Balaban J connectivity index is 2.31. The van der Waals surface area contributed by atoms with Crippen molar-refractivity contribution in [1.29, 1.82) is 0 Å². The third-order valence-electron chi connectivity index (χ3n) is 2.71. The molecule has 2 rings (SSSR count). The maximum Gasteiger partial charge on any atom is 0.251 e. The van der Waals surface area contributed by atoms with Crippen molar-refractivity contribution < 1.29 is 15.0 Å². The maximum absolute atomic E-state index is 11.4. The second kappa shape index (κ2) is 4.45. The molecule has 0 fully saturated rings. The van der Waals surface area contributed by atoms with E-state index in [2.05, 4.69) is 17.9 Å². The lowest BCUT2D eigenvalue weighted by Gasteiger charge is -2.16. The van der Waals surface area contributed by atoms with Crippen LogP contribution in [0.1, 0.15) is 27.6 Å². The van der Waals surface area contributed by atoms with E-state index in [0.717, 1.165) is 5.56 Å². The third kappa shape index (κ3) is 1.93. The van der Waals surface area contributed by atoms with Gasteiger partial charge in [0.05, 0.1) is 6.10 Å². The van der Waals surface area contributed by atoms with Crippen molar-refractivity contribution in [1.82, 2.24) is 5.32 Å². The Hall–Kier alpha value is -1.04. The molecule has 1 aromatic carbocycles. The second-order valence-electron chi connectivity index (χ2n) is 3.79. The molecule has 0 spiro atoms. The highest BCUT2D eigenvalue weighted by Gasteiger charge is 2.22. The largest absolute Gasteiger partial charge is 0.389 e. The van der Waals surface area contributed by atoms with E-state index < -0.39 is 12.2 Å². The monoisotopic (exact) mass is 239 g/mol. The summed E-state index contributed by atoms with van der Waals surface area (Å²) in [6, 6.07) is 5.13. The molecule has 0 aromatic heterocycles. The van der Waals surface area contributed by atoms with Gasteiger partial charge in [0.25, 0.3) is 5.91 Å². The quantitative estimate of drug-likeness (QED) is 0.572. The lowest BCUT2D eigenvalue weighted by molar-refractivity contribution is 0.0337. The van der Waals surface area contributed by atoms with Crippen molar-refractivity contribution in [3.63, 3.8) is 0 Å². The highest BCUT2D eigenvalue weighted by Crippen LogP contribution is 2.23. The van der Waals surface area contributed by atoms with E-state index in [4.69, 9.17) is 0 Å². The van der Waals surface area contributed by atoms with Gasteiger partial charge in [0.1, 0.15) is 6.10 Å². The molecule has 86 valence electrons. The van der Waals surface area contributed by atoms with Crippen molar-refractivity contribution >= 4 is 18.5 Å². The standard InChI is InChI=1S/C11H13NO3S/c13-9(5-16)10(14)6-1-2-7-4-12-11(15)8(7)3-6/h1-3,9-10,13-14,16H,4-5H2,(H,12,15). The fourth-order valence-electron chi connectivity index (χ4n) is 1.74. The van der Waals surface area contributed by atoms with Crippen LogP contribution in [-0.4, -0.2) is 28.0 Å². The smallest absolute Gasteiger partial charge is 0.251 e. The molecule has 1 heterocycles. The number of aliphatic hydroxyl groups is 2. The zero-order valence-corrected chi connectivity index (χ0v) is 9.45. The third-order valence-corrected chi connectivity index (χ3v) is 3.09. The molecule has 1 aliphatic rings. The Morgan fingerprint density at radius 2 is 2.19 bits per heavy atom. The minimum Gasteiger partial charge on any atom is -0.389 e. The summed E-state index contributed by atoms with van der Waals surface area (Å²) in [6.45, 7) is 0.527. The van der Waals surface area contributed by atoms with Crippen LogP contribution < -0.4 is 5.32 Å². The van der Waals surface area contributed by atoms with Gasteiger partial charge in [-0.3, -0.25) is 4.79 Å². The summed E-state index contributed by atoms with van der Waals surface area (Å²) in [4.78, 5) is 11.4. The summed E-state index contributed by atoms with van der Waals surface area (Å²) in [7, 11) is 0. The van der Waals surface area contributed by atoms with E-state index in [1.165, 1.54) is 0 Å². The molecule has 1 aromatic rings. The number of hydrogen-bond donors (Lipinski definition) is 4. The van der Waals surface area contributed by atoms with E-state index in [9.17, 15) is 15.0 Å². The summed E-state index contributed by atoms with van der Waals surface area (Å²) < 4.78 is 0. The fraction of sp³-hybridized carbons (Fsp3) is 0.364. The zero-order chi connectivity index (χ0) is 11.7. The molecule has 0 saturated heterocycles. The molecule has 3 N–H and O–H groups in total. The van der Waals surface area contributed by atoms with Gasteiger partial charge in [-0.1, -0.05) is 12.1 Å². The van der Waals surface area contributed by atoms with Crippen LogP contribution in [0.2, 0.25) is 0 Å². The van der Waals surface area contributed by atoms with Gasteiger partial charge >= 0.3 is 0 Å². The van der Waals surface area contributed by atoms with Crippen molar-refractivity contribution in [2.24, 2.45) is 0 Å². The molecule has 1 amide bonds. The molecule has 2 atom stereocenters. The Bertz CT molecular complexity index is 422. The van der Waals surface area contributed by atoms with Gasteiger partial charge < -0.3 is 15.5 Å². The minimum absolute atomic E-state index is 0.135. The van der Waals surface area contributed by atoms with Crippen molar-refractivity contribution in [2.75, 3.05) is 5.75 Å². The predicted molar refractivity (Wildman–Crippen MR) is 62.4 cm³/mol. The van der Waals surface area contributed by atoms with Crippen LogP contribution in [0.4, 0.5) is 0 Å². The zero-order valence-electron chi connectivity index (χ0n) is 8.55. The average Bonchev–Trinajstić information content (AvgIpc) is 2.68. The van der Waals surface area contributed by atoms with Crippen molar-refractivity contribution in [3.05, 3.63) is 34.9 Å². The van der Waals surface area contributed by atoms with Gasteiger partial charge in [-0.15, -0.1) is 0 Å². The van der Waals surface area contributed by atoms with Gasteiger partial charge in [-0.05, 0) is 17.2 Å². The normalized spacial score (nSPS) is 17.8. The number of carbonyl (C=O) groups is 1. The van der Waals surface area contributed by atoms with E-state index in [0.29, 0.717) is 17.7 Å². The summed E-state index contributed by atoms with van der Waals surface area (Å²) in [6.07, 6.45) is -1.93. The number of rotatable bonds is 3. The summed E-state index contributed by atoms with van der Waals surface area (Å²) in [5.41, 5.74) is 2.03.